The van der Waals surface area contributed by atoms with Gasteiger partial charge in [0.15, 0.2) is 5.79 Å². The third-order valence-electron chi connectivity index (χ3n) is 33.3. The maximum atomic E-state index is 15.9. The molecule has 0 aliphatic carbocycles. The van der Waals surface area contributed by atoms with Crippen molar-refractivity contribution >= 4 is 0 Å². The Kier molecular flexibility index (Phi) is 88.1. The molecule has 10 atom stereocenters. The van der Waals surface area contributed by atoms with Crippen LogP contribution in [-0.2, 0) is 14.2 Å². The summed E-state index contributed by atoms with van der Waals surface area (Å²) < 4.78 is 23.8. The smallest absolute Gasteiger partial charge is 0.201 e. The van der Waals surface area contributed by atoms with Crippen molar-refractivity contribution in [1.82, 2.24) is 0 Å². The molecule has 0 spiro atoms. The zero-order chi connectivity index (χ0) is 98.0. The van der Waals surface area contributed by atoms with E-state index in [2.05, 4.69) is 48.5 Å². The number of unbranched alkanes of at least 4 members (excludes halogenated alkanes) is 91. The van der Waals surface area contributed by atoms with Crippen LogP contribution in [0.4, 0.5) is 0 Å². The van der Waals surface area contributed by atoms with Gasteiger partial charge in [-0.3, -0.25) is 0 Å². The molecule has 0 saturated carbocycles. The summed E-state index contributed by atoms with van der Waals surface area (Å²) in [5, 5.41) is 114. The first kappa shape index (κ1) is 131. The van der Waals surface area contributed by atoms with Gasteiger partial charge in [-0.25, -0.2) is 0 Å². The molecule has 808 valence electrons. The normalized spacial score (nSPS) is 22.6. The molecular weight excluding hydrogens is 1670 g/mol. The van der Waals surface area contributed by atoms with Gasteiger partial charge in [-0.05, 0) is 44.9 Å². The Labute approximate surface area is 843 Å². The van der Waals surface area contributed by atoms with Gasteiger partial charge in [0.25, 0.3) is 0 Å². The predicted octanol–water partition coefficient (Wildman–Crippen LogP) is 38.3. The number of hydrogen-bond acceptors (Lipinski definition) is 11. The highest BCUT2D eigenvalue weighted by Crippen LogP contribution is 2.62. The second-order valence-corrected chi connectivity index (χ2v) is 45.5. The molecule has 2 heterocycles. The number of ether oxygens (including phenoxy) is 3. The molecule has 0 radical (unpaired) electrons. The largest absolute Gasteiger partial charge is 0.394 e. The minimum atomic E-state index is -2.36. The van der Waals surface area contributed by atoms with Crippen LogP contribution in [0.15, 0.2) is 0 Å². The summed E-state index contributed by atoms with van der Waals surface area (Å²) in [6.07, 6.45) is 109. The monoisotopic (exact) mass is 1910 g/mol. The zero-order valence-corrected chi connectivity index (χ0v) is 92.7. The summed E-state index contributed by atoms with van der Waals surface area (Å²) in [4.78, 5) is 0. The van der Waals surface area contributed by atoms with Crippen LogP contribution < -0.4 is 0 Å². The highest BCUT2D eigenvalue weighted by molar-refractivity contribution is 5.26. The molecule has 135 heavy (non-hydrogen) atoms. The Morgan fingerprint density at radius 2 is 0.363 bits per heavy atom. The lowest BCUT2D eigenvalue weighted by Gasteiger charge is -2.69. The van der Waals surface area contributed by atoms with E-state index in [4.69, 9.17) is 14.2 Å². The maximum Gasteiger partial charge on any atom is 0.201 e. The summed E-state index contributed by atoms with van der Waals surface area (Å²) in [5.74, 6) is -4.55. The number of rotatable bonds is 109. The first-order valence-corrected chi connectivity index (χ1v) is 62.7. The van der Waals surface area contributed by atoms with E-state index in [0.717, 1.165) is 173 Å². The SMILES string of the molecule is CCCCCCCCCCCCCCCCC1(O)O[C@H](CO)[C@@](CCCCCCCCCCCCCCCC)(O[C@]2(CCCCCCCCCCCCCCCC)O[C@H](CO)[C@H](O)[C@@](O)(CCCCCCCCCCCCCCCC)[C@]2(O)CCCCCCCCCCCCCCCC)[C@@](O)(CCCCCCCCCCCCCCCC)[C@]1(O)CCCCCCCCCCCCCCCC. The first-order chi connectivity index (χ1) is 66.1. The molecular formula is C124H246O11. The van der Waals surface area contributed by atoms with E-state index in [1.54, 1.807) is 0 Å². The minimum absolute atomic E-state index is 0.0251. The molecule has 11 nitrogen and oxygen atoms in total. The lowest BCUT2D eigenvalue weighted by Crippen LogP contribution is -2.88. The van der Waals surface area contributed by atoms with Crippen LogP contribution in [-0.4, -0.2) is 112 Å². The van der Waals surface area contributed by atoms with Crippen molar-refractivity contribution in [3.8, 4) is 0 Å². The van der Waals surface area contributed by atoms with Crippen LogP contribution in [0.1, 0.15) is 723 Å². The van der Waals surface area contributed by atoms with Crippen LogP contribution in [0.25, 0.3) is 0 Å². The summed E-state index contributed by atoms with van der Waals surface area (Å²) in [5.41, 5.74) is -11.4. The molecule has 2 saturated heterocycles. The molecule has 2 fully saturated rings. The lowest BCUT2D eigenvalue weighted by atomic mass is 9.56. The van der Waals surface area contributed by atoms with Gasteiger partial charge in [-0.2, -0.15) is 0 Å². The van der Waals surface area contributed by atoms with E-state index in [1.807, 2.05) is 0 Å². The molecule has 0 aromatic rings. The Morgan fingerprint density at radius 3 is 0.578 bits per heavy atom. The molecule has 0 aromatic heterocycles. The van der Waals surface area contributed by atoms with Gasteiger partial charge in [0.2, 0.25) is 5.79 Å². The molecule has 2 aliphatic heterocycles. The molecule has 8 N–H and O–H groups in total. The van der Waals surface area contributed by atoms with Crippen LogP contribution in [0.3, 0.4) is 0 Å². The van der Waals surface area contributed by atoms with E-state index in [1.165, 1.54) is 411 Å². The molecule has 0 amide bonds. The Bertz CT molecular complexity index is 2420. The standard InChI is InChI=1S/C124H246O11/c1-8-15-22-29-36-43-50-57-64-71-78-85-92-99-106-118(128)117(127)115(113-125)133-124(112-105-98-91-84-77-70-63-56-49-42-35-28-21-14-7,120(118,129)108-101-94-87-80-73-66-59-52-45-38-31-24-17-10-3)135-119(107-100-93-86-79-72-65-58-51-44-37-30-23-16-9-2)116(114-126)134-123(132,111-104-97-90-83-76-69-62-55-48-41-34-27-20-13-6)122(131,110-103-96-89-82-75-68-61-54-47-40-33-26-19-12-5)121(119,130)109-102-95-88-81-74-67-60-53-46-39-32-25-18-11-4/h115-117,125-132H,8-114H2,1-7H3/t115-,116-,117+,118+,119-,120-,121+,122-,123?,124+/m1/s1. The van der Waals surface area contributed by atoms with Crippen molar-refractivity contribution in [3.05, 3.63) is 0 Å². The van der Waals surface area contributed by atoms with E-state index in [9.17, 15) is 25.5 Å². The molecule has 2 rings (SSSR count). The van der Waals surface area contributed by atoms with E-state index in [-0.39, 0.29) is 44.9 Å². The second kappa shape index (κ2) is 91.0. The van der Waals surface area contributed by atoms with Gasteiger partial charge >= 0.3 is 0 Å². The van der Waals surface area contributed by atoms with Crippen molar-refractivity contribution in [1.29, 1.82) is 0 Å². The van der Waals surface area contributed by atoms with Crippen molar-refractivity contribution < 1.29 is 55.1 Å². The molecule has 0 aromatic carbocycles. The Morgan fingerprint density at radius 1 is 0.185 bits per heavy atom. The fraction of sp³-hybridized carbons (Fsp3) is 1.00. The van der Waals surface area contributed by atoms with Crippen molar-refractivity contribution in [2.75, 3.05) is 13.2 Å². The third-order valence-corrected chi connectivity index (χ3v) is 33.3. The van der Waals surface area contributed by atoms with Crippen LogP contribution >= 0.6 is 0 Å². The van der Waals surface area contributed by atoms with Gasteiger partial charge < -0.3 is 55.1 Å². The molecule has 2 aliphatic rings. The van der Waals surface area contributed by atoms with Crippen LogP contribution in [0, 0.1) is 0 Å². The van der Waals surface area contributed by atoms with Gasteiger partial charge in [0.05, 0.1) is 13.2 Å². The predicted molar refractivity (Wildman–Crippen MR) is 586 cm³/mol. The van der Waals surface area contributed by atoms with Crippen LogP contribution in [0.2, 0.25) is 0 Å². The number of hydrogen-bond donors (Lipinski definition) is 8. The van der Waals surface area contributed by atoms with Crippen molar-refractivity contribution in [2.24, 2.45) is 0 Å². The van der Waals surface area contributed by atoms with Crippen LogP contribution in [0.5, 0.6) is 0 Å². The summed E-state index contributed by atoms with van der Waals surface area (Å²) in [7, 11) is 0. The molecule has 11 heteroatoms. The molecule has 1 unspecified atom stereocenters. The van der Waals surface area contributed by atoms with E-state index < -0.39 is 71.1 Å². The quantitative estimate of drug-likeness (QED) is 0.0271. The average Bonchev–Trinajstić information content (AvgIpc) is 0.669. The lowest BCUT2D eigenvalue weighted by molar-refractivity contribution is -0.506. The topological polar surface area (TPSA) is 190 Å². The van der Waals surface area contributed by atoms with Crippen molar-refractivity contribution in [2.45, 2.75) is 781 Å². The van der Waals surface area contributed by atoms with Gasteiger partial charge in [0.1, 0.15) is 46.3 Å². The van der Waals surface area contributed by atoms with Gasteiger partial charge in [0, 0.05) is 12.8 Å². The second-order valence-electron chi connectivity index (χ2n) is 45.5. The maximum absolute atomic E-state index is 15.9. The van der Waals surface area contributed by atoms with Gasteiger partial charge in [-0.15, -0.1) is 0 Å². The number of aliphatic hydroxyl groups excluding tert-OH is 3. The van der Waals surface area contributed by atoms with E-state index in [0.29, 0.717) is 44.9 Å². The fourth-order valence-electron chi connectivity index (χ4n) is 24.1. The minimum Gasteiger partial charge on any atom is -0.394 e. The highest BCUT2D eigenvalue weighted by Gasteiger charge is 2.80. The third kappa shape index (κ3) is 58.0. The highest BCUT2D eigenvalue weighted by atomic mass is 16.8. The summed E-state index contributed by atoms with van der Waals surface area (Å²) in [6.45, 7) is 14.7. The van der Waals surface area contributed by atoms with Crippen molar-refractivity contribution in [3.63, 3.8) is 0 Å². The fourth-order valence-corrected chi connectivity index (χ4v) is 24.1. The zero-order valence-electron chi connectivity index (χ0n) is 92.7. The van der Waals surface area contributed by atoms with Gasteiger partial charge in [-0.1, -0.05) is 665 Å². The summed E-state index contributed by atoms with van der Waals surface area (Å²) >= 11 is 0. The summed E-state index contributed by atoms with van der Waals surface area (Å²) in [6, 6.07) is 0. The number of aliphatic hydroxyl groups is 8. The Hall–Kier alpha value is -0.440. The average molecular weight is 1910 g/mol. The Balaban J connectivity index is 3.17. The first-order valence-electron chi connectivity index (χ1n) is 62.7. The van der Waals surface area contributed by atoms with E-state index >= 15 is 15.3 Å². The molecule has 0 bridgehead atoms.